The van der Waals surface area contributed by atoms with E-state index in [1.165, 1.54) is 12.1 Å². The molecule has 2 rings (SSSR count). The minimum Gasteiger partial charge on any atom is -0.397 e. The van der Waals surface area contributed by atoms with Crippen LogP contribution in [0.2, 0.25) is 0 Å². The van der Waals surface area contributed by atoms with Crippen molar-refractivity contribution >= 4 is 11.5 Å². The molecule has 2 aromatic rings. The van der Waals surface area contributed by atoms with Crippen LogP contribution in [0, 0.1) is 23.1 Å². The number of hydrogen-bond donors (Lipinski definition) is 3. The second kappa shape index (κ2) is 6.40. The van der Waals surface area contributed by atoms with Crippen LogP contribution in [-0.2, 0) is 0 Å². The van der Waals surface area contributed by atoms with Gasteiger partial charge in [-0.3, -0.25) is 5.41 Å². The predicted octanol–water partition coefficient (Wildman–Crippen LogP) is 2.48. The fraction of sp³-hybridized carbons (Fsp3) is 0. The van der Waals surface area contributed by atoms with Crippen molar-refractivity contribution in [1.29, 1.82) is 5.41 Å². The maximum atomic E-state index is 13.2. The summed E-state index contributed by atoms with van der Waals surface area (Å²) >= 11 is 0. The zero-order chi connectivity index (χ0) is 15.2. The molecule has 0 unspecified atom stereocenters. The van der Waals surface area contributed by atoms with Crippen molar-refractivity contribution in [2.24, 2.45) is 11.5 Å². The van der Waals surface area contributed by atoms with Crippen molar-refractivity contribution < 1.29 is 4.39 Å². The Balaban J connectivity index is 2.46. The highest BCUT2D eigenvalue weighted by atomic mass is 19.1. The van der Waals surface area contributed by atoms with Crippen LogP contribution in [-0.4, -0.2) is 5.84 Å². The molecule has 0 saturated carbocycles. The number of rotatable bonds is 2. The number of amidine groups is 1. The summed E-state index contributed by atoms with van der Waals surface area (Å²) in [5.74, 6) is 5.02. The Labute approximate surface area is 122 Å². The molecule has 0 atom stereocenters. The average Bonchev–Trinajstić information content (AvgIpc) is 2.48. The molecule has 0 aliphatic carbocycles. The van der Waals surface area contributed by atoms with Crippen LogP contribution in [0.4, 0.5) is 4.39 Å². The zero-order valence-corrected chi connectivity index (χ0v) is 11.2. The molecule has 4 heteroatoms. The second-order valence-electron chi connectivity index (χ2n) is 4.33. The van der Waals surface area contributed by atoms with Crippen LogP contribution in [0.15, 0.2) is 60.2 Å². The lowest BCUT2D eigenvalue weighted by Crippen LogP contribution is -2.16. The molecule has 0 radical (unpaired) electrons. The number of halogens is 1. The van der Waals surface area contributed by atoms with E-state index in [1.807, 2.05) is 30.3 Å². The van der Waals surface area contributed by atoms with Gasteiger partial charge >= 0.3 is 0 Å². The summed E-state index contributed by atoms with van der Waals surface area (Å²) < 4.78 is 13.2. The van der Waals surface area contributed by atoms with Gasteiger partial charge in [-0.25, -0.2) is 4.39 Å². The molecule has 0 spiro atoms. The van der Waals surface area contributed by atoms with Crippen molar-refractivity contribution in [2.75, 3.05) is 0 Å². The minimum absolute atomic E-state index is 0.185. The van der Waals surface area contributed by atoms with Crippen LogP contribution < -0.4 is 11.5 Å². The molecule has 21 heavy (non-hydrogen) atoms. The molecule has 3 nitrogen and oxygen atoms in total. The molecule has 0 aromatic heterocycles. The maximum Gasteiger partial charge on any atom is 0.133 e. The lowest BCUT2D eigenvalue weighted by molar-refractivity contribution is 0.627. The highest BCUT2D eigenvalue weighted by molar-refractivity contribution is 6.05. The highest BCUT2D eigenvalue weighted by Crippen LogP contribution is 2.14. The topological polar surface area (TPSA) is 75.9 Å². The van der Waals surface area contributed by atoms with E-state index in [4.69, 9.17) is 16.9 Å². The fourth-order valence-corrected chi connectivity index (χ4v) is 1.74. The molecule has 5 N–H and O–H groups in total. The maximum absolute atomic E-state index is 13.2. The quantitative estimate of drug-likeness (QED) is 0.449. The van der Waals surface area contributed by atoms with Crippen molar-refractivity contribution in [3.8, 4) is 11.8 Å². The molecular formula is C17H14FN3. The smallest absolute Gasteiger partial charge is 0.133 e. The third kappa shape index (κ3) is 3.71. The third-order valence-electron chi connectivity index (χ3n) is 2.78. The van der Waals surface area contributed by atoms with E-state index in [0.29, 0.717) is 5.56 Å². The van der Waals surface area contributed by atoms with Gasteiger partial charge in [0.25, 0.3) is 0 Å². The molecule has 0 amide bonds. The predicted molar refractivity (Wildman–Crippen MR) is 82.7 cm³/mol. The molecule has 0 heterocycles. The van der Waals surface area contributed by atoms with E-state index >= 15 is 0 Å². The first-order chi connectivity index (χ1) is 10.1. The lowest BCUT2D eigenvalue weighted by atomic mass is 10.1. The molecule has 0 aliphatic heterocycles. The van der Waals surface area contributed by atoms with Crippen molar-refractivity contribution in [1.82, 2.24) is 0 Å². The van der Waals surface area contributed by atoms with Crippen molar-refractivity contribution in [3.63, 3.8) is 0 Å². The third-order valence-corrected chi connectivity index (χ3v) is 2.78. The molecule has 0 bridgehead atoms. The Hall–Kier alpha value is -3.06. The van der Waals surface area contributed by atoms with Gasteiger partial charge in [-0.05, 0) is 24.3 Å². The molecule has 104 valence electrons. The van der Waals surface area contributed by atoms with Gasteiger partial charge < -0.3 is 11.5 Å². The molecule has 0 saturated heterocycles. The first-order valence-corrected chi connectivity index (χ1v) is 6.25. The van der Waals surface area contributed by atoms with Gasteiger partial charge in [0.05, 0.1) is 11.3 Å². The van der Waals surface area contributed by atoms with E-state index in [-0.39, 0.29) is 17.1 Å². The number of hydrogen-bond acceptors (Lipinski definition) is 2. The van der Waals surface area contributed by atoms with Gasteiger partial charge in [0.1, 0.15) is 11.7 Å². The van der Waals surface area contributed by atoms with E-state index in [1.54, 1.807) is 12.1 Å². The first kappa shape index (κ1) is 14.4. The summed E-state index contributed by atoms with van der Waals surface area (Å²) in [6.07, 6.45) is 0. The molecule has 2 aromatic carbocycles. The zero-order valence-electron chi connectivity index (χ0n) is 11.2. The average molecular weight is 279 g/mol. The summed E-state index contributed by atoms with van der Waals surface area (Å²) in [4.78, 5) is 0. The van der Waals surface area contributed by atoms with E-state index in [2.05, 4.69) is 11.8 Å². The van der Waals surface area contributed by atoms with E-state index in [9.17, 15) is 4.39 Å². The number of benzene rings is 2. The van der Waals surface area contributed by atoms with Crippen LogP contribution in [0.3, 0.4) is 0 Å². The van der Waals surface area contributed by atoms with E-state index < -0.39 is 5.82 Å². The Morgan fingerprint density at radius 1 is 1.00 bits per heavy atom. The first-order valence-electron chi connectivity index (χ1n) is 6.25. The normalized spacial score (nSPS) is 11.1. The SMILES string of the molecule is N=C(N)C(C#Cc1ccccc1)=C(N)c1cccc(F)c1. The van der Waals surface area contributed by atoms with Gasteiger partial charge in [-0.1, -0.05) is 42.2 Å². The fourth-order valence-electron chi connectivity index (χ4n) is 1.74. The Morgan fingerprint density at radius 2 is 1.71 bits per heavy atom. The second-order valence-corrected chi connectivity index (χ2v) is 4.33. The summed E-state index contributed by atoms with van der Waals surface area (Å²) in [5, 5.41) is 7.59. The van der Waals surface area contributed by atoms with Crippen molar-refractivity contribution in [2.45, 2.75) is 0 Å². The number of nitrogens with two attached hydrogens (primary N) is 2. The van der Waals surface area contributed by atoms with Crippen LogP contribution in [0.5, 0.6) is 0 Å². The number of nitrogens with one attached hydrogen (secondary N) is 1. The standard InChI is InChI=1S/C17H14FN3/c18-14-8-4-7-13(11-14)16(19)15(17(20)21)10-9-12-5-2-1-3-6-12/h1-8,11H,19H2,(H3,20,21). The van der Waals surface area contributed by atoms with Crippen LogP contribution >= 0.6 is 0 Å². The highest BCUT2D eigenvalue weighted by Gasteiger charge is 2.07. The minimum atomic E-state index is -0.408. The molecule has 0 aliphatic rings. The van der Waals surface area contributed by atoms with Gasteiger partial charge in [0.15, 0.2) is 0 Å². The van der Waals surface area contributed by atoms with Gasteiger partial charge in [-0.15, -0.1) is 0 Å². The summed E-state index contributed by atoms with van der Waals surface area (Å²) in [5.41, 5.74) is 13.1. The molecule has 0 fully saturated rings. The largest absolute Gasteiger partial charge is 0.397 e. The van der Waals surface area contributed by atoms with E-state index in [0.717, 1.165) is 5.56 Å². The van der Waals surface area contributed by atoms with Gasteiger partial charge in [-0.2, -0.15) is 0 Å². The monoisotopic (exact) mass is 279 g/mol. The Kier molecular flexibility index (Phi) is 4.37. The molecular weight excluding hydrogens is 265 g/mol. The van der Waals surface area contributed by atoms with Gasteiger partial charge in [0, 0.05) is 11.1 Å². The lowest BCUT2D eigenvalue weighted by Gasteiger charge is -2.05. The Morgan fingerprint density at radius 3 is 2.33 bits per heavy atom. The summed E-state index contributed by atoms with van der Waals surface area (Å²) in [6.45, 7) is 0. The Bertz CT molecular complexity index is 752. The summed E-state index contributed by atoms with van der Waals surface area (Å²) in [6, 6.07) is 15.1. The van der Waals surface area contributed by atoms with Gasteiger partial charge in [0.2, 0.25) is 0 Å². The van der Waals surface area contributed by atoms with Crippen molar-refractivity contribution in [3.05, 3.63) is 77.1 Å². The van der Waals surface area contributed by atoms with Crippen LogP contribution in [0.1, 0.15) is 11.1 Å². The van der Waals surface area contributed by atoms with Crippen LogP contribution in [0.25, 0.3) is 5.70 Å². The summed E-state index contributed by atoms with van der Waals surface area (Å²) in [7, 11) is 0.